The number of carboxylic acids is 1. The minimum atomic E-state index is -4.81. The first-order chi connectivity index (χ1) is 7.41. The number of aromatic carboxylic acids is 1. The van der Waals surface area contributed by atoms with E-state index >= 15 is 0 Å². The summed E-state index contributed by atoms with van der Waals surface area (Å²) in [5, 5.41) is 8.70. The molecule has 0 fully saturated rings. The summed E-state index contributed by atoms with van der Waals surface area (Å²) in [6, 6.07) is 5.48. The van der Waals surface area contributed by atoms with Gasteiger partial charge in [0, 0.05) is 5.39 Å². The molecule has 0 unspecified atom stereocenters. The third-order valence-corrected chi connectivity index (χ3v) is 2.07. The number of carbonyl (C=O) groups is 1. The van der Waals surface area contributed by atoms with Gasteiger partial charge in [-0.2, -0.15) is 13.2 Å². The molecule has 0 spiro atoms. The van der Waals surface area contributed by atoms with E-state index in [-0.39, 0.29) is 11.0 Å². The van der Waals surface area contributed by atoms with Crippen molar-refractivity contribution in [1.29, 1.82) is 0 Å². The van der Waals surface area contributed by atoms with Crippen LogP contribution in [0.4, 0.5) is 13.2 Å². The van der Waals surface area contributed by atoms with E-state index in [9.17, 15) is 18.0 Å². The topological polar surface area (TPSA) is 50.4 Å². The molecule has 0 saturated carbocycles. The summed E-state index contributed by atoms with van der Waals surface area (Å²) >= 11 is 0. The smallest absolute Gasteiger partial charge is 0.450 e. The van der Waals surface area contributed by atoms with Crippen molar-refractivity contribution in [1.82, 2.24) is 0 Å². The van der Waals surface area contributed by atoms with Gasteiger partial charge in [-0.3, -0.25) is 0 Å². The Morgan fingerprint density at radius 2 is 1.88 bits per heavy atom. The fourth-order valence-electron chi connectivity index (χ4n) is 1.46. The molecule has 0 amide bonds. The van der Waals surface area contributed by atoms with Crippen LogP contribution in [0.1, 0.15) is 16.1 Å². The molecule has 0 atom stereocenters. The van der Waals surface area contributed by atoms with Gasteiger partial charge in [-0.25, -0.2) is 4.79 Å². The van der Waals surface area contributed by atoms with E-state index in [0.717, 1.165) is 0 Å². The molecular formula is C10H5F3O3. The standard InChI is InChI=1S/C10H5F3O3/c11-10(12,13)8-7(9(14)15)5-3-1-2-4-6(5)16-8/h1-4H,(H,14,15). The second kappa shape index (κ2) is 3.26. The minimum absolute atomic E-state index is 0.0534. The van der Waals surface area contributed by atoms with E-state index in [1.807, 2.05) is 0 Å². The second-order valence-electron chi connectivity index (χ2n) is 3.11. The van der Waals surface area contributed by atoms with Gasteiger partial charge >= 0.3 is 12.1 Å². The van der Waals surface area contributed by atoms with Gasteiger partial charge in [0.1, 0.15) is 11.1 Å². The number of alkyl halides is 3. The first-order valence-electron chi connectivity index (χ1n) is 4.23. The van der Waals surface area contributed by atoms with Crippen LogP contribution in [0.5, 0.6) is 0 Å². The summed E-state index contributed by atoms with van der Waals surface area (Å²) in [6.07, 6.45) is -4.81. The summed E-state index contributed by atoms with van der Waals surface area (Å²) < 4.78 is 42.0. The maximum atomic E-state index is 12.5. The molecule has 1 aromatic carbocycles. The van der Waals surface area contributed by atoms with E-state index in [1.54, 1.807) is 0 Å². The third-order valence-electron chi connectivity index (χ3n) is 2.07. The van der Waals surface area contributed by atoms with Crippen LogP contribution in [-0.2, 0) is 6.18 Å². The first-order valence-corrected chi connectivity index (χ1v) is 4.23. The Hall–Kier alpha value is -1.98. The molecule has 84 valence electrons. The van der Waals surface area contributed by atoms with Crippen molar-refractivity contribution >= 4 is 16.9 Å². The largest absolute Gasteiger partial charge is 0.478 e. The summed E-state index contributed by atoms with van der Waals surface area (Å²) in [5.41, 5.74) is -0.935. The highest BCUT2D eigenvalue weighted by atomic mass is 19.4. The Labute approximate surface area is 87.1 Å². The lowest BCUT2D eigenvalue weighted by molar-refractivity contribution is -0.152. The lowest BCUT2D eigenvalue weighted by Crippen LogP contribution is -2.10. The third kappa shape index (κ3) is 1.52. The zero-order chi connectivity index (χ0) is 11.9. The fourth-order valence-corrected chi connectivity index (χ4v) is 1.46. The van der Waals surface area contributed by atoms with Gasteiger partial charge in [-0.1, -0.05) is 18.2 Å². The molecule has 2 rings (SSSR count). The quantitative estimate of drug-likeness (QED) is 0.818. The minimum Gasteiger partial charge on any atom is -0.478 e. The molecule has 0 saturated heterocycles. The molecular weight excluding hydrogens is 225 g/mol. The van der Waals surface area contributed by atoms with Crippen molar-refractivity contribution in [3.05, 3.63) is 35.6 Å². The van der Waals surface area contributed by atoms with Crippen molar-refractivity contribution in [2.45, 2.75) is 6.18 Å². The number of para-hydroxylation sites is 1. The van der Waals surface area contributed by atoms with Gasteiger partial charge in [0.25, 0.3) is 0 Å². The van der Waals surface area contributed by atoms with Crippen LogP contribution in [0.25, 0.3) is 11.0 Å². The molecule has 0 aliphatic carbocycles. The number of hydrogen-bond donors (Lipinski definition) is 1. The Bertz CT molecular complexity index is 554. The predicted octanol–water partition coefficient (Wildman–Crippen LogP) is 3.15. The fraction of sp³-hybridized carbons (Fsp3) is 0.100. The van der Waals surface area contributed by atoms with E-state index in [1.165, 1.54) is 24.3 Å². The molecule has 1 aromatic heterocycles. The Balaban J connectivity index is 2.84. The van der Waals surface area contributed by atoms with Gasteiger partial charge < -0.3 is 9.52 Å². The molecule has 2 aromatic rings. The predicted molar refractivity (Wildman–Crippen MR) is 48.2 cm³/mol. The van der Waals surface area contributed by atoms with Crippen molar-refractivity contribution in [2.75, 3.05) is 0 Å². The highest BCUT2D eigenvalue weighted by Crippen LogP contribution is 2.37. The zero-order valence-corrected chi connectivity index (χ0v) is 7.71. The first kappa shape index (κ1) is 10.5. The lowest BCUT2D eigenvalue weighted by Gasteiger charge is -2.02. The SMILES string of the molecule is O=C(O)c1c(C(F)(F)F)oc2ccccc12. The molecule has 6 heteroatoms. The molecule has 1 heterocycles. The summed E-state index contributed by atoms with van der Waals surface area (Å²) in [4.78, 5) is 10.8. The summed E-state index contributed by atoms with van der Waals surface area (Å²) in [7, 11) is 0. The number of hydrogen-bond acceptors (Lipinski definition) is 2. The number of furan rings is 1. The van der Waals surface area contributed by atoms with Gasteiger partial charge in [-0.15, -0.1) is 0 Å². The van der Waals surface area contributed by atoms with Crippen LogP contribution in [0.2, 0.25) is 0 Å². The molecule has 0 aliphatic rings. The molecule has 0 aliphatic heterocycles. The van der Waals surface area contributed by atoms with Crippen molar-refractivity contribution in [2.24, 2.45) is 0 Å². The van der Waals surface area contributed by atoms with Crippen LogP contribution in [0.15, 0.2) is 28.7 Å². The average Bonchev–Trinajstić information content (AvgIpc) is 2.55. The second-order valence-corrected chi connectivity index (χ2v) is 3.11. The lowest BCUT2D eigenvalue weighted by atomic mass is 10.1. The van der Waals surface area contributed by atoms with Gasteiger partial charge in [0.15, 0.2) is 0 Å². The summed E-state index contributed by atoms with van der Waals surface area (Å²) in [6.45, 7) is 0. The van der Waals surface area contributed by atoms with Crippen molar-refractivity contribution < 1.29 is 27.5 Å². The highest BCUT2D eigenvalue weighted by Gasteiger charge is 2.41. The molecule has 3 nitrogen and oxygen atoms in total. The number of rotatable bonds is 1. The van der Waals surface area contributed by atoms with E-state index in [4.69, 9.17) is 5.11 Å². The maximum Gasteiger partial charge on any atom is 0.450 e. The normalized spacial score (nSPS) is 11.9. The number of halogens is 3. The van der Waals surface area contributed by atoms with E-state index in [2.05, 4.69) is 4.42 Å². The Kier molecular flexibility index (Phi) is 2.15. The van der Waals surface area contributed by atoms with Crippen LogP contribution in [0.3, 0.4) is 0 Å². The molecule has 16 heavy (non-hydrogen) atoms. The molecule has 0 bridgehead atoms. The van der Waals surface area contributed by atoms with Crippen LogP contribution < -0.4 is 0 Å². The highest BCUT2D eigenvalue weighted by molar-refractivity contribution is 6.03. The number of carboxylic acid groups (broad SMARTS) is 1. The molecule has 0 radical (unpaired) electrons. The van der Waals surface area contributed by atoms with E-state index < -0.39 is 23.5 Å². The van der Waals surface area contributed by atoms with Crippen LogP contribution in [0, 0.1) is 0 Å². The monoisotopic (exact) mass is 230 g/mol. The Morgan fingerprint density at radius 3 is 2.44 bits per heavy atom. The number of fused-ring (bicyclic) bond motifs is 1. The maximum absolute atomic E-state index is 12.5. The van der Waals surface area contributed by atoms with Gasteiger partial charge in [0.05, 0.1) is 0 Å². The summed E-state index contributed by atoms with van der Waals surface area (Å²) in [5.74, 6) is -3.13. The molecule has 1 N–H and O–H groups in total. The van der Waals surface area contributed by atoms with Crippen LogP contribution >= 0.6 is 0 Å². The zero-order valence-electron chi connectivity index (χ0n) is 7.71. The Morgan fingerprint density at radius 1 is 1.25 bits per heavy atom. The van der Waals surface area contributed by atoms with E-state index in [0.29, 0.717) is 0 Å². The number of benzene rings is 1. The van der Waals surface area contributed by atoms with Crippen molar-refractivity contribution in [3.63, 3.8) is 0 Å². The van der Waals surface area contributed by atoms with Gasteiger partial charge in [-0.05, 0) is 6.07 Å². The van der Waals surface area contributed by atoms with Crippen LogP contribution in [-0.4, -0.2) is 11.1 Å². The van der Waals surface area contributed by atoms with Gasteiger partial charge in [0.2, 0.25) is 5.76 Å². The van der Waals surface area contributed by atoms with Crippen molar-refractivity contribution in [3.8, 4) is 0 Å². The average molecular weight is 230 g/mol.